The molecule has 112 valence electrons. The molecule has 1 aliphatic carbocycles. The fraction of sp³-hybridized carbons (Fsp3) is 0.706. The van der Waals surface area contributed by atoms with Crippen molar-refractivity contribution in [3.63, 3.8) is 0 Å². The van der Waals surface area contributed by atoms with Crippen LogP contribution in [0, 0.1) is 19.3 Å². The number of aryl methyl sites for hydroxylation is 1. The predicted molar refractivity (Wildman–Crippen MR) is 83.2 cm³/mol. The zero-order valence-electron chi connectivity index (χ0n) is 13.2. The second-order valence-electron chi connectivity index (χ2n) is 6.34. The molecule has 0 bridgehead atoms. The average molecular weight is 276 g/mol. The van der Waals surface area contributed by atoms with Gasteiger partial charge in [0.1, 0.15) is 5.75 Å². The van der Waals surface area contributed by atoms with Crippen molar-refractivity contribution in [3.05, 3.63) is 23.0 Å². The maximum absolute atomic E-state index is 6.15. The van der Waals surface area contributed by atoms with E-state index in [9.17, 15) is 0 Å². The van der Waals surface area contributed by atoms with Gasteiger partial charge in [0.05, 0.1) is 7.11 Å². The van der Waals surface area contributed by atoms with E-state index in [1.54, 1.807) is 7.11 Å². The summed E-state index contributed by atoms with van der Waals surface area (Å²) in [7, 11) is 1.74. The van der Waals surface area contributed by atoms with Crippen LogP contribution in [0.15, 0.2) is 6.20 Å². The minimum Gasteiger partial charge on any atom is -0.496 e. The number of ether oxygens (including phenoxy) is 1. The van der Waals surface area contributed by atoms with Crippen LogP contribution in [0.4, 0.5) is 0 Å². The molecular formula is C17H28N2O. The molecule has 3 heteroatoms. The number of pyridine rings is 1. The largest absolute Gasteiger partial charge is 0.496 e. The van der Waals surface area contributed by atoms with Crippen LogP contribution < -0.4 is 10.5 Å². The second kappa shape index (κ2) is 6.57. The maximum Gasteiger partial charge on any atom is 0.128 e. The van der Waals surface area contributed by atoms with Gasteiger partial charge in [-0.05, 0) is 45.1 Å². The Morgan fingerprint density at radius 1 is 1.20 bits per heavy atom. The Balaban J connectivity index is 2.27. The lowest BCUT2D eigenvalue weighted by molar-refractivity contribution is 0.249. The molecule has 0 unspecified atom stereocenters. The minimum absolute atomic E-state index is 0.245. The molecule has 0 radical (unpaired) electrons. The summed E-state index contributed by atoms with van der Waals surface area (Å²) in [6.07, 6.45) is 10.7. The van der Waals surface area contributed by atoms with E-state index in [1.807, 2.05) is 13.1 Å². The lowest BCUT2D eigenvalue weighted by Gasteiger charge is -2.32. The van der Waals surface area contributed by atoms with Crippen LogP contribution in [0.2, 0.25) is 0 Å². The van der Waals surface area contributed by atoms with Gasteiger partial charge in [-0.2, -0.15) is 0 Å². The Kier molecular flexibility index (Phi) is 5.03. The molecule has 2 N–H and O–H groups in total. The topological polar surface area (TPSA) is 48.1 Å². The highest BCUT2D eigenvalue weighted by Crippen LogP contribution is 2.38. The van der Waals surface area contributed by atoms with E-state index in [1.165, 1.54) is 49.8 Å². The number of methoxy groups -OCH3 is 1. The number of aromatic nitrogens is 1. The molecule has 0 aliphatic heterocycles. The van der Waals surface area contributed by atoms with Crippen LogP contribution in [-0.4, -0.2) is 18.6 Å². The smallest absolute Gasteiger partial charge is 0.128 e. The first-order chi connectivity index (χ1) is 9.62. The predicted octanol–water partition coefficient (Wildman–Crippen LogP) is 3.55. The molecule has 1 aliphatic rings. The lowest BCUT2D eigenvalue weighted by atomic mass is 9.76. The van der Waals surface area contributed by atoms with Gasteiger partial charge < -0.3 is 10.5 Å². The Bertz CT molecular complexity index is 449. The molecular weight excluding hydrogens is 248 g/mol. The molecule has 1 saturated carbocycles. The van der Waals surface area contributed by atoms with Crippen LogP contribution >= 0.6 is 0 Å². The molecule has 20 heavy (non-hydrogen) atoms. The van der Waals surface area contributed by atoms with Crippen LogP contribution in [-0.2, 0) is 6.42 Å². The molecule has 0 atom stereocenters. The van der Waals surface area contributed by atoms with Crippen LogP contribution in [0.1, 0.15) is 55.3 Å². The third-order valence-corrected chi connectivity index (χ3v) is 4.89. The van der Waals surface area contributed by atoms with Gasteiger partial charge in [0, 0.05) is 23.0 Å². The monoisotopic (exact) mass is 276 g/mol. The van der Waals surface area contributed by atoms with E-state index in [-0.39, 0.29) is 5.41 Å². The summed E-state index contributed by atoms with van der Waals surface area (Å²) in [6, 6.07) is 0. The normalized spacial score (nSPS) is 18.6. The van der Waals surface area contributed by atoms with Gasteiger partial charge >= 0.3 is 0 Å². The summed E-state index contributed by atoms with van der Waals surface area (Å²) in [6.45, 7) is 4.94. The zero-order valence-corrected chi connectivity index (χ0v) is 13.2. The minimum atomic E-state index is 0.245. The number of hydrogen-bond donors (Lipinski definition) is 1. The zero-order chi connectivity index (χ0) is 14.6. The van der Waals surface area contributed by atoms with E-state index in [0.717, 1.165) is 24.3 Å². The van der Waals surface area contributed by atoms with Crippen LogP contribution in [0.25, 0.3) is 0 Å². The third kappa shape index (κ3) is 3.14. The Hall–Kier alpha value is -1.09. The Morgan fingerprint density at radius 3 is 2.40 bits per heavy atom. The highest BCUT2D eigenvalue weighted by Gasteiger charge is 2.31. The second-order valence-corrected chi connectivity index (χ2v) is 6.34. The maximum atomic E-state index is 6.15. The molecule has 1 aromatic rings. The average Bonchev–Trinajstić information content (AvgIpc) is 2.69. The molecule has 1 heterocycles. The van der Waals surface area contributed by atoms with E-state index < -0.39 is 0 Å². The van der Waals surface area contributed by atoms with Crippen molar-refractivity contribution >= 4 is 0 Å². The molecule has 2 rings (SSSR count). The molecule has 1 aromatic heterocycles. The van der Waals surface area contributed by atoms with Gasteiger partial charge in [0.25, 0.3) is 0 Å². The molecule has 0 spiro atoms. The number of hydrogen-bond acceptors (Lipinski definition) is 3. The van der Waals surface area contributed by atoms with Gasteiger partial charge in [-0.15, -0.1) is 0 Å². The van der Waals surface area contributed by atoms with Gasteiger partial charge in [-0.25, -0.2) is 0 Å². The molecule has 1 fully saturated rings. The van der Waals surface area contributed by atoms with E-state index >= 15 is 0 Å². The van der Waals surface area contributed by atoms with Crippen molar-refractivity contribution in [3.8, 4) is 5.75 Å². The standard InChI is InChI=1S/C17H28N2O/c1-13-11-19-15(14(2)16(13)20-3)10-17(12-18)8-6-4-5-7-9-17/h11H,4-10,12,18H2,1-3H3. The SMILES string of the molecule is COc1c(C)cnc(CC2(CN)CCCCCC2)c1C. The lowest BCUT2D eigenvalue weighted by Crippen LogP contribution is -2.33. The molecule has 3 nitrogen and oxygen atoms in total. The van der Waals surface area contributed by atoms with Crippen molar-refractivity contribution in [1.29, 1.82) is 0 Å². The van der Waals surface area contributed by atoms with Gasteiger partial charge in [-0.3, -0.25) is 4.98 Å². The molecule has 0 amide bonds. The summed E-state index contributed by atoms with van der Waals surface area (Å²) in [5, 5.41) is 0. The van der Waals surface area contributed by atoms with Crippen molar-refractivity contribution in [1.82, 2.24) is 4.98 Å². The van der Waals surface area contributed by atoms with E-state index in [4.69, 9.17) is 10.5 Å². The molecule has 0 saturated heterocycles. The van der Waals surface area contributed by atoms with Gasteiger partial charge in [-0.1, -0.05) is 25.7 Å². The summed E-state index contributed by atoms with van der Waals surface area (Å²) in [5.74, 6) is 0.982. The summed E-state index contributed by atoms with van der Waals surface area (Å²) < 4.78 is 5.53. The summed E-state index contributed by atoms with van der Waals surface area (Å²) >= 11 is 0. The van der Waals surface area contributed by atoms with Gasteiger partial charge in [0.2, 0.25) is 0 Å². The number of rotatable bonds is 4. The first kappa shape index (κ1) is 15.3. The Labute approximate surface area is 122 Å². The molecule has 0 aromatic carbocycles. The first-order valence-electron chi connectivity index (χ1n) is 7.81. The third-order valence-electron chi connectivity index (χ3n) is 4.89. The fourth-order valence-corrected chi connectivity index (χ4v) is 3.54. The van der Waals surface area contributed by atoms with Crippen molar-refractivity contribution < 1.29 is 4.74 Å². The van der Waals surface area contributed by atoms with E-state index in [0.29, 0.717) is 0 Å². The number of nitrogens with zero attached hydrogens (tertiary/aromatic N) is 1. The quantitative estimate of drug-likeness (QED) is 0.856. The van der Waals surface area contributed by atoms with Crippen molar-refractivity contribution in [2.75, 3.05) is 13.7 Å². The highest BCUT2D eigenvalue weighted by atomic mass is 16.5. The van der Waals surface area contributed by atoms with Crippen molar-refractivity contribution in [2.24, 2.45) is 11.1 Å². The van der Waals surface area contributed by atoms with E-state index in [2.05, 4.69) is 11.9 Å². The number of nitrogens with two attached hydrogens (primary N) is 1. The summed E-state index contributed by atoms with van der Waals surface area (Å²) in [4.78, 5) is 4.67. The van der Waals surface area contributed by atoms with Crippen molar-refractivity contribution in [2.45, 2.75) is 58.8 Å². The Morgan fingerprint density at radius 2 is 1.85 bits per heavy atom. The fourth-order valence-electron chi connectivity index (χ4n) is 3.54. The van der Waals surface area contributed by atoms with Crippen LogP contribution in [0.3, 0.4) is 0 Å². The highest BCUT2D eigenvalue weighted by molar-refractivity contribution is 5.41. The summed E-state index contributed by atoms with van der Waals surface area (Å²) in [5.41, 5.74) is 9.85. The van der Waals surface area contributed by atoms with Gasteiger partial charge in [0.15, 0.2) is 0 Å². The first-order valence-corrected chi connectivity index (χ1v) is 7.81. The van der Waals surface area contributed by atoms with Crippen LogP contribution in [0.5, 0.6) is 5.75 Å².